The van der Waals surface area contributed by atoms with E-state index >= 15 is 0 Å². The summed E-state index contributed by atoms with van der Waals surface area (Å²) in [5.74, 6) is -1.81. The summed E-state index contributed by atoms with van der Waals surface area (Å²) >= 11 is 0. The summed E-state index contributed by atoms with van der Waals surface area (Å²) in [5.41, 5.74) is -0.0215. The van der Waals surface area contributed by atoms with Crippen LogP contribution in [-0.4, -0.2) is 31.8 Å². The van der Waals surface area contributed by atoms with Gasteiger partial charge in [0.25, 0.3) is 0 Å². The Morgan fingerprint density at radius 2 is 2.00 bits per heavy atom. The maximum absolute atomic E-state index is 14.1. The van der Waals surface area contributed by atoms with E-state index in [-0.39, 0.29) is 17.5 Å². The molecule has 0 aliphatic carbocycles. The minimum absolute atomic E-state index is 0.106. The molecule has 1 saturated heterocycles. The Morgan fingerprint density at radius 1 is 1.30 bits per heavy atom. The van der Waals surface area contributed by atoms with E-state index in [0.29, 0.717) is 12.1 Å². The molecular weight excluding hydrogens is 301 g/mol. The Labute approximate surface area is 135 Å². The molecule has 0 radical (unpaired) electrons. The lowest BCUT2D eigenvalue weighted by Crippen LogP contribution is -2.36. The standard InChI is InChI=1S/C17H22FNO4/c1-17(2,3)16(21)23-14-11(7-8-19-14)10-5-6-12(13(18)9-10)15(20)22-4/h5-6,9,11,14,19H,7-8H2,1-4H3. The van der Waals surface area contributed by atoms with Crippen LogP contribution in [-0.2, 0) is 14.3 Å². The predicted octanol–water partition coefficient (Wildman–Crippen LogP) is 2.60. The average molecular weight is 323 g/mol. The van der Waals surface area contributed by atoms with E-state index in [1.807, 2.05) is 0 Å². The van der Waals surface area contributed by atoms with Crippen molar-refractivity contribution in [1.82, 2.24) is 5.32 Å². The smallest absolute Gasteiger partial charge is 0.340 e. The molecule has 2 unspecified atom stereocenters. The summed E-state index contributed by atoms with van der Waals surface area (Å²) < 4.78 is 24.1. The maximum atomic E-state index is 14.1. The van der Waals surface area contributed by atoms with Gasteiger partial charge in [0.1, 0.15) is 5.82 Å². The van der Waals surface area contributed by atoms with Crippen molar-refractivity contribution >= 4 is 11.9 Å². The van der Waals surface area contributed by atoms with Gasteiger partial charge in [-0.2, -0.15) is 0 Å². The van der Waals surface area contributed by atoms with Crippen LogP contribution in [0, 0.1) is 11.2 Å². The van der Waals surface area contributed by atoms with Crippen LogP contribution in [0.15, 0.2) is 18.2 Å². The van der Waals surface area contributed by atoms with Gasteiger partial charge in [0.15, 0.2) is 6.23 Å². The molecule has 0 amide bonds. The van der Waals surface area contributed by atoms with Crippen LogP contribution < -0.4 is 5.32 Å². The number of halogens is 1. The molecule has 5 nitrogen and oxygen atoms in total. The van der Waals surface area contributed by atoms with Crippen molar-refractivity contribution in [3.05, 3.63) is 35.1 Å². The molecule has 1 N–H and O–H groups in total. The number of rotatable bonds is 3. The van der Waals surface area contributed by atoms with Gasteiger partial charge in [-0.05, 0) is 51.4 Å². The third-order valence-electron chi connectivity index (χ3n) is 3.84. The lowest BCUT2D eigenvalue weighted by Gasteiger charge is -2.25. The second-order valence-corrected chi connectivity index (χ2v) is 6.66. The Morgan fingerprint density at radius 3 is 2.57 bits per heavy atom. The number of nitrogens with one attached hydrogen (secondary N) is 1. The molecule has 0 bridgehead atoms. The second kappa shape index (κ2) is 6.66. The number of carbonyl (C=O) groups is 2. The number of methoxy groups -OCH3 is 1. The lowest BCUT2D eigenvalue weighted by molar-refractivity contribution is -0.160. The summed E-state index contributed by atoms with van der Waals surface area (Å²) in [4.78, 5) is 23.5. The normalized spacial score (nSPS) is 21.1. The molecule has 1 aromatic rings. The van der Waals surface area contributed by atoms with Gasteiger partial charge >= 0.3 is 11.9 Å². The number of carbonyl (C=O) groups excluding carboxylic acids is 2. The molecule has 1 aliphatic rings. The van der Waals surface area contributed by atoms with Gasteiger partial charge in [0.2, 0.25) is 0 Å². The van der Waals surface area contributed by atoms with Crippen molar-refractivity contribution in [3.8, 4) is 0 Å². The number of hydrogen-bond donors (Lipinski definition) is 1. The molecule has 1 heterocycles. The molecule has 2 rings (SSSR count). The summed E-state index contributed by atoms with van der Waals surface area (Å²) in [7, 11) is 1.21. The SMILES string of the molecule is COC(=O)c1ccc(C2CCNC2OC(=O)C(C)(C)C)cc1F. The Hall–Kier alpha value is -1.95. The van der Waals surface area contributed by atoms with Crippen LogP contribution >= 0.6 is 0 Å². The monoisotopic (exact) mass is 323 g/mol. The second-order valence-electron chi connectivity index (χ2n) is 6.66. The molecule has 6 heteroatoms. The van der Waals surface area contributed by atoms with Gasteiger partial charge in [-0.25, -0.2) is 9.18 Å². The molecule has 2 atom stereocenters. The van der Waals surface area contributed by atoms with Crippen LogP contribution in [0.1, 0.15) is 49.0 Å². The average Bonchev–Trinajstić information content (AvgIpc) is 2.93. The van der Waals surface area contributed by atoms with Crippen molar-refractivity contribution in [2.45, 2.75) is 39.3 Å². The summed E-state index contributed by atoms with van der Waals surface area (Å²) in [6.45, 7) is 6.02. The predicted molar refractivity (Wildman–Crippen MR) is 82.4 cm³/mol. The number of benzene rings is 1. The van der Waals surface area contributed by atoms with Crippen molar-refractivity contribution < 1.29 is 23.5 Å². The van der Waals surface area contributed by atoms with Gasteiger partial charge in [0.05, 0.1) is 18.1 Å². The Kier molecular flexibility index (Phi) is 5.04. The molecule has 23 heavy (non-hydrogen) atoms. The molecule has 0 spiro atoms. The number of ether oxygens (including phenoxy) is 2. The molecule has 0 saturated carbocycles. The lowest BCUT2D eigenvalue weighted by atomic mass is 9.94. The molecule has 1 aliphatic heterocycles. The van der Waals surface area contributed by atoms with Gasteiger partial charge < -0.3 is 9.47 Å². The fourth-order valence-corrected chi connectivity index (χ4v) is 2.47. The topological polar surface area (TPSA) is 64.6 Å². The van der Waals surface area contributed by atoms with Gasteiger partial charge in [0, 0.05) is 5.92 Å². The van der Waals surface area contributed by atoms with Crippen molar-refractivity contribution in [3.63, 3.8) is 0 Å². The zero-order valence-corrected chi connectivity index (χ0v) is 13.8. The first-order valence-electron chi connectivity index (χ1n) is 7.56. The third kappa shape index (κ3) is 3.88. The molecular formula is C17H22FNO4. The third-order valence-corrected chi connectivity index (χ3v) is 3.84. The Bertz CT molecular complexity index is 609. The van der Waals surface area contributed by atoms with E-state index in [1.165, 1.54) is 19.2 Å². The number of hydrogen-bond acceptors (Lipinski definition) is 5. The molecule has 1 fully saturated rings. The van der Waals surface area contributed by atoms with Crippen molar-refractivity contribution in [2.75, 3.05) is 13.7 Å². The zero-order chi connectivity index (χ0) is 17.2. The van der Waals surface area contributed by atoms with Crippen LogP contribution in [0.2, 0.25) is 0 Å². The first-order chi connectivity index (χ1) is 10.7. The number of esters is 2. The molecule has 126 valence electrons. The maximum Gasteiger partial charge on any atom is 0.340 e. The minimum Gasteiger partial charge on any atom is -0.465 e. The quantitative estimate of drug-likeness (QED) is 0.866. The van der Waals surface area contributed by atoms with E-state index in [9.17, 15) is 14.0 Å². The summed E-state index contributed by atoms with van der Waals surface area (Å²) in [5, 5.41) is 3.12. The highest BCUT2D eigenvalue weighted by atomic mass is 19.1. The van der Waals surface area contributed by atoms with Crippen molar-refractivity contribution in [2.24, 2.45) is 5.41 Å². The van der Waals surface area contributed by atoms with Crippen LogP contribution in [0.25, 0.3) is 0 Å². The van der Waals surface area contributed by atoms with Crippen LogP contribution in [0.4, 0.5) is 4.39 Å². The van der Waals surface area contributed by atoms with E-state index in [2.05, 4.69) is 10.1 Å². The highest BCUT2D eigenvalue weighted by molar-refractivity contribution is 5.89. The van der Waals surface area contributed by atoms with Crippen LogP contribution in [0.3, 0.4) is 0 Å². The van der Waals surface area contributed by atoms with Crippen LogP contribution in [0.5, 0.6) is 0 Å². The summed E-state index contributed by atoms with van der Waals surface area (Å²) in [6, 6.07) is 4.38. The van der Waals surface area contributed by atoms with Gasteiger partial charge in [-0.1, -0.05) is 6.07 Å². The zero-order valence-electron chi connectivity index (χ0n) is 13.8. The fourth-order valence-electron chi connectivity index (χ4n) is 2.47. The summed E-state index contributed by atoms with van der Waals surface area (Å²) in [6.07, 6.45) is 0.226. The highest BCUT2D eigenvalue weighted by Crippen LogP contribution is 2.31. The largest absolute Gasteiger partial charge is 0.465 e. The first kappa shape index (κ1) is 17.4. The van der Waals surface area contributed by atoms with Gasteiger partial charge in [-0.3, -0.25) is 10.1 Å². The minimum atomic E-state index is -0.714. The van der Waals surface area contributed by atoms with Crippen molar-refractivity contribution in [1.29, 1.82) is 0 Å². The fraction of sp³-hybridized carbons (Fsp3) is 0.529. The Balaban J connectivity index is 2.18. The van der Waals surface area contributed by atoms with E-state index in [4.69, 9.17) is 4.74 Å². The highest BCUT2D eigenvalue weighted by Gasteiger charge is 2.35. The first-order valence-corrected chi connectivity index (χ1v) is 7.56. The van der Waals surface area contributed by atoms with Gasteiger partial charge in [-0.15, -0.1) is 0 Å². The molecule has 0 aromatic heterocycles. The van der Waals surface area contributed by atoms with E-state index < -0.39 is 23.4 Å². The molecule has 1 aromatic carbocycles. The van der Waals surface area contributed by atoms with E-state index in [1.54, 1.807) is 26.8 Å². The van der Waals surface area contributed by atoms with E-state index in [0.717, 1.165) is 6.42 Å².